The van der Waals surface area contributed by atoms with E-state index in [0.717, 1.165) is 11.0 Å². The van der Waals surface area contributed by atoms with Crippen LogP contribution >= 0.6 is 0 Å². The molecule has 1 atom stereocenters. The Morgan fingerprint density at radius 1 is 1.06 bits per heavy atom. The zero-order valence-corrected chi connectivity index (χ0v) is 10.7. The number of quaternary nitrogens is 1. The molecule has 0 aliphatic rings. The SMILES string of the molecule is C.CCC(C)c1ccc(C[N+](C)(C)C)cc1. The normalized spacial score (nSPS) is 13.1. The van der Waals surface area contributed by atoms with E-state index < -0.39 is 0 Å². The van der Waals surface area contributed by atoms with Gasteiger partial charge in [0.05, 0.1) is 21.1 Å². The van der Waals surface area contributed by atoms with Gasteiger partial charge >= 0.3 is 0 Å². The van der Waals surface area contributed by atoms with Crippen LogP contribution in [0.1, 0.15) is 44.7 Å². The molecule has 16 heavy (non-hydrogen) atoms. The second-order valence-corrected chi connectivity index (χ2v) is 5.50. The first kappa shape index (κ1) is 15.2. The van der Waals surface area contributed by atoms with E-state index in [1.807, 2.05) is 0 Å². The number of nitrogens with zero attached hydrogens (tertiary/aromatic N) is 1. The van der Waals surface area contributed by atoms with Gasteiger partial charge in [-0.3, -0.25) is 0 Å². The molecule has 1 aromatic carbocycles. The maximum Gasteiger partial charge on any atom is 0.104 e. The molecule has 0 saturated carbocycles. The number of hydrogen-bond acceptors (Lipinski definition) is 0. The fraction of sp³-hybridized carbons (Fsp3) is 0.600. The maximum absolute atomic E-state index is 2.29. The van der Waals surface area contributed by atoms with Crippen LogP contribution in [-0.4, -0.2) is 25.6 Å². The van der Waals surface area contributed by atoms with Gasteiger partial charge in [-0.15, -0.1) is 0 Å². The minimum Gasteiger partial charge on any atom is -0.327 e. The molecule has 0 fully saturated rings. The van der Waals surface area contributed by atoms with Crippen molar-refractivity contribution in [3.63, 3.8) is 0 Å². The quantitative estimate of drug-likeness (QED) is 0.674. The summed E-state index contributed by atoms with van der Waals surface area (Å²) in [7, 11) is 6.67. The van der Waals surface area contributed by atoms with Crippen molar-refractivity contribution >= 4 is 0 Å². The van der Waals surface area contributed by atoms with Gasteiger partial charge in [0.25, 0.3) is 0 Å². The smallest absolute Gasteiger partial charge is 0.104 e. The molecule has 0 heterocycles. The molecule has 92 valence electrons. The highest BCUT2D eigenvalue weighted by molar-refractivity contribution is 5.24. The van der Waals surface area contributed by atoms with Crippen LogP contribution in [0.2, 0.25) is 0 Å². The van der Waals surface area contributed by atoms with Crippen LogP contribution < -0.4 is 0 Å². The summed E-state index contributed by atoms with van der Waals surface area (Å²) >= 11 is 0. The monoisotopic (exact) mass is 222 g/mol. The van der Waals surface area contributed by atoms with Crippen LogP contribution in [0.15, 0.2) is 24.3 Å². The molecule has 1 rings (SSSR count). The summed E-state index contributed by atoms with van der Waals surface area (Å²) in [5.74, 6) is 0.683. The van der Waals surface area contributed by atoms with Crippen molar-refractivity contribution in [1.82, 2.24) is 0 Å². The van der Waals surface area contributed by atoms with Crippen LogP contribution in [0.4, 0.5) is 0 Å². The van der Waals surface area contributed by atoms with Crippen molar-refractivity contribution in [3.8, 4) is 0 Å². The van der Waals surface area contributed by atoms with E-state index in [0.29, 0.717) is 5.92 Å². The molecule has 0 aliphatic heterocycles. The van der Waals surface area contributed by atoms with Gasteiger partial charge in [-0.05, 0) is 17.9 Å². The van der Waals surface area contributed by atoms with Gasteiger partial charge in [0, 0.05) is 5.56 Å². The van der Waals surface area contributed by atoms with Crippen molar-refractivity contribution in [2.24, 2.45) is 0 Å². The van der Waals surface area contributed by atoms with Crippen LogP contribution in [0.5, 0.6) is 0 Å². The molecule has 1 nitrogen and oxygen atoms in total. The van der Waals surface area contributed by atoms with E-state index in [1.54, 1.807) is 0 Å². The first-order valence-corrected chi connectivity index (χ1v) is 5.81. The lowest BCUT2D eigenvalue weighted by molar-refractivity contribution is -0.884. The summed E-state index contributed by atoms with van der Waals surface area (Å²) < 4.78 is 0.989. The fourth-order valence-electron chi connectivity index (χ4n) is 1.74. The van der Waals surface area contributed by atoms with E-state index in [4.69, 9.17) is 0 Å². The number of rotatable bonds is 4. The topological polar surface area (TPSA) is 0 Å². The van der Waals surface area contributed by atoms with Gasteiger partial charge in [0.15, 0.2) is 0 Å². The zero-order chi connectivity index (χ0) is 11.5. The average Bonchev–Trinajstić information content (AvgIpc) is 2.15. The summed E-state index contributed by atoms with van der Waals surface area (Å²) in [5, 5.41) is 0. The second kappa shape index (κ2) is 6.05. The first-order valence-electron chi connectivity index (χ1n) is 5.81. The molecule has 0 aliphatic carbocycles. The van der Waals surface area contributed by atoms with E-state index >= 15 is 0 Å². The largest absolute Gasteiger partial charge is 0.327 e. The van der Waals surface area contributed by atoms with E-state index in [-0.39, 0.29) is 7.43 Å². The van der Waals surface area contributed by atoms with Crippen LogP contribution in [0.25, 0.3) is 0 Å². The van der Waals surface area contributed by atoms with Crippen molar-refractivity contribution in [1.29, 1.82) is 0 Å². The Morgan fingerprint density at radius 2 is 1.56 bits per heavy atom. The second-order valence-electron chi connectivity index (χ2n) is 5.50. The minimum absolute atomic E-state index is 0. The molecule has 0 N–H and O–H groups in total. The molecule has 0 radical (unpaired) electrons. The minimum atomic E-state index is 0. The van der Waals surface area contributed by atoms with Gasteiger partial charge in [-0.2, -0.15) is 0 Å². The Hall–Kier alpha value is -0.820. The third-order valence-corrected chi connectivity index (χ3v) is 2.82. The Morgan fingerprint density at radius 3 is 1.94 bits per heavy atom. The Balaban J connectivity index is 0.00000225. The molecule has 1 heteroatoms. The summed E-state index contributed by atoms with van der Waals surface area (Å²) in [6.07, 6.45) is 1.22. The highest BCUT2D eigenvalue weighted by Gasteiger charge is 2.09. The van der Waals surface area contributed by atoms with Crippen molar-refractivity contribution in [2.45, 2.75) is 40.2 Å². The molecular formula is C15H28N+. The molecular weight excluding hydrogens is 194 g/mol. The van der Waals surface area contributed by atoms with Crippen molar-refractivity contribution < 1.29 is 4.48 Å². The summed E-state index contributed by atoms with van der Waals surface area (Å²) in [4.78, 5) is 0. The lowest BCUT2D eigenvalue weighted by atomic mass is 9.97. The average molecular weight is 222 g/mol. The van der Waals surface area contributed by atoms with Gasteiger partial charge < -0.3 is 4.48 Å². The summed E-state index contributed by atoms with van der Waals surface area (Å²) in [6.45, 7) is 5.63. The Bertz CT molecular complexity index is 292. The summed E-state index contributed by atoms with van der Waals surface area (Å²) in [6, 6.07) is 9.09. The highest BCUT2D eigenvalue weighted by Crippen LogP contribution is 2.19. The van der Waals surface area contributed by atoms with Crippen molar-refractivity contribution in [3.05, 3.63) is 35.4 Å². The zero-order valence-electron chi connectivity index (χ0n) is 10.7. The van der Waals surface area contributed by atoms with Gasteiger partial charge in [0.2, 0.25) is 0 Å². The Labute approximate surface area is 102 Å². The standard InChI is InChI=1S/C14H24N.CH4/c1-6-12(2)14-9-7-13(8-10-14)11-15(3,4)5;/h7-10,12H,6,11H2,1-5H3;1H4/q+1;. The first-order chi connectivity index (χ1) is 6.92. The molecule has 0 saturated heterocycles. The molecule has 0 aromatic heterocycles. The third-order valence-electron chi connectivity index (χ3n) is 2.82. The van der Waals surface area contributed by atoms with Crippen LogP contribution in [-0.2, 0) is 6.54 Å². The molecule has 0 bridgehead atoms. The Kier molecular flexibility index (Phi) is 5.74. The lowest BCUT2D eigenvalue weighted by Gasteiger charge is -2.24. The molecule has 0 amide bonds. The van der Waals surface area contributed by atoms with Gasteiger partial charge in [0.1, 0.15) is 6.54 Å². The highest BCUT2D eigenvalue weighted by atomic mass is 15.3. The molecule has 0 spiro atoms. The lowest BCUT2D eigenvalue weighted by Crippen LogP contribution is -2.33. The fourth-order valence-corrected chi connectivity index (χ4v) is 1.74. The van der Waals surface area contributed by atoms with E-state index in [1.165, 1.54) is 17.5 Å². The van der Waals surface area contributed by atoms with Crippen molar-refractivity contribution in [2.75, 3.05) is 21.1 Å². The number of benzene rings is 1. The third kappa shape index (κ3) is 4.80. The molecule has 1 unspecified atom stereocenters. The van der Waals surface area contributed by atoms with Gasteiger partial charge in [-0.1, -0.05) is 45.5 Å². The van der Waals surface area contributed by atoms with E-state index in [9.17, 15) is 0 Å². The predicted octanol–water partition coefficient (Wildman–Crippen LogP) is 4.04. The van der Waals surface area contributed by atoms with Crippen LogP contribution in [0, 0.1) is 0 Å². The summed E-state index contributed by atoms with van der Waals surface area (Å²) in [5.41, 5.74) is 2.89. The van der Waals surface area contributed by atoms with E-state index in [2.05, 4.69) is 59.3 Å². The van der Waals surface area contributed by atoms with Crippen LogP contribution in [0.3, 0.4) is 0 Å². The number of hydrogen-bond donors (Lipinski definition) is 0. The maximum atomic E-state index is 2.29. The molecule has 1 aromatic rings. The predicted molar refractivity (Wildman–Crippen MR) is 73.6 cm³/mol. The van der Waals surface area contributed by atoms with Gasteiger partial charge in [-0.25, -0.2) is 0 Å².